The molecule has 2 aromatic carbocycles. The van der Waals surface area contributed by atoms with Gasteiger partial charge in [0.25, 0.3) is 6.43 Å². The number of benzene rings is 2. The first-order valence-electron chi connectivity index (χ1n) is 9.44. The minimum Gasteiger partial charge on any atom is -0.461 e. The van der Waals surface area contributed by atoms with Crippen molar-refractivity contribution in [3.05, 3.63) is 71.8 Å². The van der Waals surface area contributed by atoms with E-state index in [-0.39, 0.29) is 26.3 Å². The van der Waals surface area contributed by atoms with Gasteiger partial charge in [0, 0.05) is 13.1 Å². The van der Waals surface area contributed by atoms with Crippen LogP contribution in [0.2, 0.25) is 0 Å². The van der Waals surface area contributed by atoms with E-state index in [9.17, 15) is 18.4 Å². The molecule has 0 N–H and O–H groups in total. The van der Waals surface area contributed by atoms with E-state index >= 15 is 0 Å². The fourth-order valence-electron chi connectivity index (χ4n) is 3.38. The Kier molecular flexibility index (Phi) is 7.30. The van der Waals surface area contributed by atoms with E-state index in [4.69, 9.17) is 9.47 Å². The van der Waals surface area contributed by atoms with E-state index in [2.05, 4.69) is 0 Å². The highest BCUT2D eigenvalue weighted by molar-refractivity contribution is 5.83. The summed E-state index contributed by atoms with van der Waals surface area (Å²) in [6, 6.07) is 18.3. The summed E-state index contributed by atoms with van der Waals surface area (Å²) in [5.41, 5.74) is 1.62. The van der Waals surface area contributed by atoms with Gasteiger partial charge in [0.05, 0.1) is 18.4 Å². The van der Waals surface area contributed by atoms with Crippen LogP contribution in [0, 0.1) is 11.8 Å². The number of halogens is 2. The zero-order valence-corrected chi connectivity index (χ0v) is 15.9. The highest BCUT2D eigenvalue weighted by Crippen LogP contribution is 2.27. The van der Waals surface area contributed by atoms with Gasteiger partial charge in [0.15, 0.2) is 0 Å². The number of hydrogen-bond acceptors (Lipinski definition) is 5. The molecule has 0 radical (unpaired) electrons. The second kappa shape index (κ2) is 10.1. The molecule has 1 heterocycles. The summed E-state index contributed by atoms with van der Waals surface area (Å²) < 4.78 is 36.3. The fourth-order valence-corrected chi connectivity index (χ4v) is 3.38. The van der Waals surface area contributed by atoms with Crippen LogP contribution < -0.4 is 0 Å². The van der Waals surface area contributed by atoms with E-state index < -0.39 is 36.7 Å². The molecule has 1 saturated heterocycles. The van der Waals surface area contributed by atoms with Gasteiger partial charge >= 0.3 is 11.9 Å². The van der Waals surface area contributed by atoms with Crippen LogP contribution in [-0.2, 0) is 32.3 Å². The molecule has 0 spiro atoms. The molecule has 3 rings (SSSR count). The number of carbonyl (C=O) groups excluding carboxylic acids is 2. The maximum atomic E-state index is 12.8. The smallest absolute Gasteiger partial charge is 0.311 e. The molecule has 2 aromatic rings. The molecule has 154 valence electrons. The lowest BCUT2D eigenvalue weighted by atomic mass is 9.96. The zero-order chi connectivity index (χ0) is 20.6. The fraction of sp³-hybridized carbons (Fsp3) is 0.364. The summed E-state index contributed by atoms with van der Waals surface area (Å²) in [6.45, 7) is -0.273. The largest absolute Gasteiger partial charge is 0.461 e. The van der Waals surface area contributed by atoms with Crippen LogP contribution in [0.4, 0.5) is 8.78 Å². The molecule has 1 unspecified atom stereocenters. The Balaban J connectivity index is 1.62. The highest BCUT2D eigenvalue weighted by Gasteiger charge is 2.44. The predicted octanol–water partition coefficient (Wildman–Crippen LogP) is 3.29. The molecular formula is C22H23F2NO4. The Hall–Kier alpha value is -2.80. The molecule has 2 atom stereocenters. The van der Waals surface area contributed by atoms with Crippen LogP contribution >= 0.6 is 0 Å². The Morgan fingerprint density at radius 3 is 1.62 bits per heavy atom. The number of nitrogens with zero attached hydrogens (tertiary/aromatic N) is 1. The van der Waals surface area contributed by atoms with Crippen LogP contribution in [-0.4, -0.2) is 42.9 Å². The number of esters is 2. The van der Waals surface area contributed by atoms with Crippen molar-refractivity contribution in [3.63, 3.8) is 0 Å². The summed E-state index contributed by atoms with van der Waals surface area (Å²) in [6.07, 6.45) is -2.55. The first-order valence-corrected chi connectivity index (χ1v) is 9.44. The first-order chi connectivity index (χ1) is 14.0. The van der Waals surface area contributed by atoms with Crippen molar-refractivity contribution in [2.75, 3.05) is 19.6 Å². The molecule has 1 fully saturated rings. The Labute approximate surface area is 168 Å². The van der Waals surface area contributed by atoms with Crippen LogP contribution in [0.5, 0.6) is 0 Å². The summed E-state index contributed by atoms with van der Waals surface area (Å²) in [5, 5.41) is 0. The quantitative estimate of drug-likeness (QED) is 0.633. The Bertz CT molecular complexity index is 737. The van der Waals surface area contributed by atoms with E-state index in [1.165, 1.54) is 4.90 Å². The molecule has 0 aromatic heterocycles. The lowest BCUT2D eigenvalue weighted by molar-refractivity contribution is -0.160. The minimum absolute atomic E-state index is 0.0447. The maximum absolute atomic E-state index is 12.8. The van der Waals surface area contributed by atoms with Gasteiger partial charge in [-0.15, -0.1) is 0 Å². The monoisotopic (exact) mass is 403 g/mol. The zero-order valence-electron chi connectivity index (χ0n) is 15.9. The van der Waals surface area contributed by atoms with E-state index in [0.29, 0.717) is 0 Å². The lowest BCUT2D eigenvalue weighted by Gasteiger charge is -2.16. The van der Waals surface area contributed by atoms with E-state index in [1.54, 1.807) is 0 Å². The summed E-state index contributed by atoms with van der Waals surface area (Å²) in [5.74, 6) is -2.82. The van der Waals surface area contributed by atoms with Gasteiger partial charge in [-0.1, -0.05) is 60.7 Å². The number of ether oxygens (including phenoxy) is 2. The van der Waals surface area contributed by atoms with Crippen LogP contribution in [0.15, 0.2) is 60.7 Å². The van der Waals surface area contributed by atoms with Crippen LogP contribution in [0.1, 0.15) is 11.1 Å². The molecule has 5 nitrogen and oxygen atoms in total. The van der Waals surface area contributed by atoms with Crippen molar-refractivity contribution in [1.29, 1.82) is 0 Å². The van der Waals surface area contributed by atoms with Gasteiger partial charge in [0.1, 0.15) is 13.2 Å². The molecule has 0 bridgehead atoms. The van der Waals surface area contributed by atoms with Crippen molar-refractivity contribution in [2.24, 2.45) is 11.8 Å². The van der Waals surface area contributed by atoms with Gasteiger partial charge in [-0.3, -0.25) is 14.5 Å². The molecule has 29 heavy (non-hydrogen) atoms. The number of hydrogen-bond donors (Lipinski definition) is 0. The lowest BCUT2D eigenvalue weighted by Crippen LogP contribution is -2.31. The molecule has 1 aliphatic heterocycles. The van der Waals surface area contributed by atoms with E-state index in [0.717, 1.165) is 11.1 Å². The third-order valence-electron chi connectivity index (χ3n) is 4.85. The number of carbonyl (C=O) groups is 2. The van der Waals surface area contributed by atoms with Crippen molar-refractivity contribution >= 4 is 11.9 Å². The molecular weight excluding hydrogens is 380 g/mol. The van der Waals surface area contributed by atoms with Crippen molar-refractivity contribution < 1.29 is 27.8 Å². The first kappa shape index (κ1) is 20.9. The molecule has 0 aliphatic carbocycles. The highest BCUT2D eigenvalue weighted by atomic mass is 19.3. The van der Waals surface area contributed by atoms with Gasteiger partial charge in [-0.05, 0) is 11.1 Å². The topological polar surface area (TPSA) is 55.8 Å². The van der Waals surface area contributed by atoms with Gasteiger partial charge < -0.3 is 9.47 Å². The van der Waals surface area contributed by atoms with Crippen LogP contribution in [0.3, 0.4) is 0 Å². The standard InChI is InChI=1S/C22H23F2NO4/c23-20(24)13-25-11-18(21(26)28-14-16-7-3-1-4-8-16)19(12-25)22(27)29-15-17-9-5-2-6-10-17/h1-10,18-20H,11-15H2/t18-,19?/m1/s1. The minimum atomic E-state index is -2.55. The normalized spacial score (nSPS) is 19.3. The molecule has 1 aliphatic rings. The average molecular weight is 403 g/mol. The van der Waals surface area contributed by atoms with Gasteiger partial charge in [0.2, 0.25) is 0 Å². The van der Waals surface area contributed by atoms with Crippen molar-refractivity contribution in [1.82, 2.24) is 4.90 Å². The van der Waals surface area contributed by atoms with Gasteiger partial charge in [-0.2, -0.15) is 0 Å². The average Bonchev–Trinajstić information content (AvgIpc) is 3.15. The number of likely N-dealkylation sites (tertiary alicyclic amines) is 1. The molecule has 0 amide bonds. The summed E-state index contributed by atoms with van der Waals surface area (Å²) >= 11 is 0. The molecule has 0 saturated carbocycles. The Morgan fingerprint density at radius 1 is 0.828 bits per heavy atom. The molecule has 7 heteroatoms. The van der Waals surface area contributed by atoms with Crippen molar-refractivity contribution in [2.45, 2.75) is 19.6 Å². The predicted molar refractivity (Wildman–Crippen MR) is 102 cm³/mol. The second-order valence-corrected chi connectivity index (χ2v) is 7.01. The Morgan fingerprint density at radius 2 is 1.24 bits per heavy atom. The van der Waals surface area contributed by atoms with Crippen molar-refractivity contribution in [3.8, 4) is 0 Å². The number of rotatable bonds is 8. The van der Waals surface area contributed by atoms with E-state index in [1.807, 2.05) is 60.7 Å². The SMILES string of the molecule is O=C(OCc1ccccc1)C1CN(CC(F)F)C[C@H]1C(=O)OCc1ccccc1. The third-order valence-corrected chi connectivity index (χ3v) is 4.85. The summed E-state index contributed by atoms with van der Waals surface area (Å²) in [4.78, 5) is 26.6. The van der Waals surface area contributed by atoms with Gasteiger partial charge in [-0.25, -0.2) is 8.78 Å². The number of alkyl halides is 2. The summed E-state index contributed by atoms with van der Waals surface area (Å²) in [7, 11) is 0. The van der Waals surface area contributed by atoms with Crippen LogP contribution in [0.25, 0.3) is 0 Å². The third kappa shape index (κ3) is 6.09. The maximum Gasteiger partial charge on any atom is 0.311 e. The second-order valence-electron chi connectivity index (χ2n) is 7.01.